The maximum atomic E-state index is 13.3. The third kappa shape index (κ3) is 4.56. The number of piperidine rings is 1. The molecule has 144 valence electrons. The SMILES string of the molecule is CN(Cc1cccnc1)C(=O)[C@@H]1CCCN(c2ncccc2C(F)(F)F)C1. The molecule has 2 aromatic rings. The minimum Gasteiger partial charge on any atom is -0.355 e. The molecule has 1 saturated heterocycles. The molecule has 1 aliphatic rings. The van der Waals surface area contributed by atoms with Gasteiger partial charge in [0.1, 0.15) is 5.82 Å². The fourth-order valence-corrected chi connectivity index (χ4v) is 3.40. The van der Waals surface area contributed by atoms with Crippen molar-refractivity contribution < 1.29 is 18.0 Å². The average molecular weight is 378 g/mol. The van der Waals surface area contributed by atoms with E-state index in [0.717, 1.165) is 11.6 Å². The zero-order valence-corrected chi connectivity index (χ0v) is 15.0. The van der Waals surface area contributed by atoms with Crippen molar-refractivity contribution in [2.24, 2.45) is 5.92 Å². The largest absolute Gasteiger partial charge is 0.419 e. The Labute approximate surface area is 155 Å². The van der Waals surface area contributed by atoms with Gasteiger partial charge < -0.3 is 9.80 Å². The van der Waals surface area contributed by atoms with Gasteiger partial charge in [0.2, 0.25) is 5.91 Å². The number of hydrogen-bond donors (Lipinski definition) is 0. The van der Waals surface area contributed by atoms with Gasteiger partial charge >= 0.3 is 6.18 Å². The smallest absolute Gasteiger partial charge is 0.355 e. The first-order chi connectivity index (χ1) is 12.9. The summed E-state index contributed by atoms with van der Waals surface area (Å²) < 4.78 is 39.8. The van der Waals surface area contributed by atoms with Gasteiger partial charge in [-0.2, -0.15) is 13.2 Å². The number of amides is 1. The van der Waals surface area contributed by atoms with Gasteiger partial charge in [0.25, 0.3) is 0 Å². The molecule has 1 amide bonds. The predicted molar refractivity (Wildman–Crippen MR) is 94.9 cm³/mol. The summed E-state index contributed by atoms with van der Waals surface area (Å²) in [6, 6.07) is 5.99. The third-order valence-electron chi connectivity index (χ3n) is 4.68. The number of halogens is 3. The summed E-state index contributed by atoms with van der Waals surface area (Å²) in [6.45, 7) is 1.10. The van der Waals surface area contributed by atoms with Gasteiger partial charge in [-0.25, -0.2) is 4.98 Å². The van der Waals surface area contributed by atoms with Crippen LogP contribution in [-0.4, -0.2) is 40.9 Å². The van der Waals surface area contributed by atoms with Crippen LogP contribution in [0.1, 0.15) is 24.0 Å². The first kappa shape index (κ1) is 19.1. The van der Waals surface area contributed by atoms with Crippen LogP contribution in [-0.2, 0) is 17.5 Å². The summed E-state index contributed by atoms with van der Waals surface area (Å²) in [5.74, 6) is -0.533. The van der Waals surface area contributed by atoms with Crippen LogP contribution in [0, 0.1) is 5.92 Å². The lowest BCUT2D eigenvalue weighted by Gasteiger charge is -2.35. The molecule has 0 aromatic carbocycles. The molecule has 0 aliphatic carbocycles. The zero-order valence-electron chi connectivity index (χ0n) is 15.0. The monoisotopic (exact) mass is 378 g/mol. The molecule has 3 rings (SSSR count). The Balaban J connectivity index is 1.72. The van der Waals surface area contributed by atoms with Crippen LogP contribution in [0.3, 0.4) is 0 Å². The standard InChI is InChI=1S/C19H21F3N4O/c1-25(12-14-5-2-8-23-11-14)18(27)15-6-4-10-26(13-15)17-16(19(20,21)22)7-3-9-24-17/h2-3,5,7-9,11,15H,4,6,10,12-13H2,1H3/t15-/m1/s1. The van der Waals surface area contributed by atoms with E-state index in [-0.39, 0.29) is 24.2 Å². The fraction of sp³-hybridized carbons (Fsp3) is 0.421. The second kappa shape index (κ2) is 7.94. The molecular formula is C19H21F3N4O. The van der Waals surface area contributed by atoms with Gasteiger partial charge in [-0.05, 0) is 36.6 Å². The molecule has 0 unspecified atom stereocenters. The van der Waals surface area contributed by atoms with Crippen molar-refractivity contribution in [1.82, 2.24) is 14.9 Å². The molecule has 3 heterocycles. The Bertz CT molecular complexity index is 782. The first-order valence-corrected chi connectivity index (χ1v) is 8.77. The highest BCUT2D eigenvalue weighted by molar-refractivity contribution is 5.79. The first-order valence-electron chi connectivity index (χ1n) is 8.77. The highest BCUT2D eigenvalue weighted by atomic mass is 19.4. The minimum absolute atomic E-state index is 0.0759. The summed E-state index contributed by atoms with van der Waals surface area (Å²) in [4.78, 5) is 24.0. The van der Waals surface area contributed by atoms with Crippen LogP contribution < -0.4 is 4.90 Å². The van der Waals surface area contributed by atoms with E-state index in [2.05, 4.69) is 9.97 Å². The number of carbonyl (C=O) groups is 1. The maximum absolute atomic E-state index is 13.3. The van der Waals surface area contributed by atoms with Crippen LogP contribution >= 0.6 is 0 Å². The van der Waals surface area contributed by atoms with E-state index in [9.17, 15) is 18.0 Å². The summed E-state index contributed by atoms with van der Waals surface area (Å²) in [5, 5.41) is 0. The molecule has 0 saturated carbocycles. The van der Waals surface area contributed by atoms with Gasteiger partial charge in [0, 0.05) is 45.3 Å². The van der Waals surface area contributed by atoms with Crippen LogP contribution in [0.15, 0.2) is 42.9 Å². The Hall–Kier alpha value is -2.64. The number of anilines is 1. The number of rotatable bonds is 4. The Kier molecular flexibility index (Phi) is 5.62. The highest BCUT2D eigenvalue weighted by Gasteiger charge is 2.37. The van der Waals surface area contributed by atoms with Crippen LogP contribution in [0.25, 0.3) is 0 Å². The number of hydrogen-bond acceptors (Lipinski definition) is 4. The summed E-state index contributed by atoms with van der Waals surface area (Å²) >= 11 is 0. The second-order valence-electron chi connectivity index (χ2n) is 6.71. The number of nitrogens with zero attached hydrogens (tertiary/aromatic N) is 4. The average Bonchev–Trinajstić information content (AvgIpc) is 2.67. The molecule has 8 heteroatoms. The predicted octanol–water partition coefficient (Wildman–Crippen LogP) is 3.37. The third-order valence-corrected chi connectivity index (χ3v) is 4.68. The normalized spacial score (nSPS) is 17.6. The van der Waals surface area contributed by atoms with Gasteiger partial charge in [-0.1, -0.05) is 6.07 Å². The van der Waals surface area contributed by atoms with E-state index in [1.54, 1.807) is 35.3 Å². The zero-order chi connectivity index (χ0) is 19.4. The molecule has 5 nitrogen and oxygen atoms in total. The second-order valence-corrected chi connectivity index (χ2v) is 6.71. The molecule has 0 radical (unpaired) electrons. The van der Waals surface area contributed by atoms with Crippen LogP contribution in [0.4, 0.5) is 19.0 Å². The lowest BCUT2D eigenvalue weighted by molar-refractivity contribution is -0.137. The molecule has 1 aliphatic heterocycles. The fourth-order valence-electron chi connectivity index (χ4n) is 3.40. The summed E-state index contributed by atoms with van der Waals surface area (Å²) in [6.07, 6.45) is 1.53. The lowest BCUT2D eigenvalue weighted by atomic mass is 9.96. The molecule has 2 aromatic heterocycles. The van der Waals surface area contributed by atoms with E-state index in [1.165, 1.54) is 12.3 Å². The molecule has 1 fully saturated rings. The highest BCUT2D eigenvalue weighted by Crippen LogP contribution is 2.36. The van der Waals surface area contributed by atoms with Crippen molar-refractivity contribution in [3.8, 4) is 0 Å². The molecular weight excluding hydrogens is 357 g/mol. The van der Waals surface area contributed by atoms with Gasteiger partial charge in [-0.3, -0.25) is 9.78 Å². The molecule has 0 spiro atoms. The minimum atomic E-state index is -4.47. The Morgan fingerprint density at radius 2 is 2.07 bits per heavy atom. The van der Waals surface area contributed by atoms with Gasteiger partial charge in [-0.15, -0.1) is 0 Å². The van der Waals surface area contributed by atoms with Crippen molar-refractivity contribution in [2.75, 3.05) is 25.0 Å². The van der Waals surface area contributed by atoms with Crippen molar-refractivity contribution in [3.63, 3.8) is 0 Å². The Morgan fingerprint density at radius 3 is 2.78 bits per heavy atom. The Morgan fingerprint density at radius 1 is 1.30 bits per heavy atom. The van der Waals surface area contributed by atoms with E-state index in [4.69, 9.17) is 0 Å². The van der Waals surface area contributed by atoms with Crippen molar-refractivity contribution in [1.29, 1.82) is 0 Å². The van der Waals surface area contributed by atoms with Crippen LogP contribution in [0.5, 0.6) is 0 Å². The van der Waals surface area contributed by atoms with E-state index in [0.29, 0.717) is 25.9 Å². The number of pyridine rings is 2. The van der Waals surface area contributed by atoms with Gasteiger partial charge in [0.05, 0.1) is 11.5 Å². The van der Waals surface area contributed by atoms with Crippen molar-refractivity contribution in [3.05, 3.63) is 54.0 Å². The summed E-state index contributed by atoms with van der Waals surface area (Å²) in [5.41, 5.74) is 0.145. The topological polar surface area (TPSA) is 49.3 Å². The molecule has 1 atom stereocenters. The van der Waals surface area contributed by atoms with E-state index < -0.39 is 11.7 Å². The number of aromatic nitrogens is 2. The lowest BCUT2D eigenvalue weighted by Crippen LogP contribution is -2.44. The van der Waals surface area contributed by atoms with Crippen molar-refractivity contribution in [2.45, 2.75) is 25.6 Å². The molecule has 27 heavy (non-hydrogen) atoms. The van der Waals surface area contributed by atoms with E-state index >= 15 is 0 Å². The molecule has 0 N–H and O–H groups in total. The number of alkyl halides is 3. The number of carbonyl (C=O) groups excluding carboxylic acids is 1. The summed E-state index contributed by atoms with van der Waals surface area (Å²) in [7, 11) is 1.70. The van der Waals surface area contributed by atoms with Crippen LogP contribution in [0.2, 0.25) is 0 Å². The van der Waals surface area contributed by atoms with Gasteiger partial charge in [0.15, 0.2) is 0 Å². The van der Waals surface area contributed by atoms with E-state index in [1.807, 2.05) is 6.07 Å². The van der Waals surface area contributed by atoms with Crippen molar-refractivity contribution >= 4 is 11.7 Å². The maximum Gasteiger partial charge on any atom is 0.419 e. The molecule has 0 bridgehead atoms. The quantitative estimate of drug-likeness (QED) is 0.819.